The Hall–Kier alpha value is -3.02. The largest absolute Gasteiger partial charge is 0.399 e. The predicted octanol–water partition coefficient (Wildman–Crippen LogP) is 8.40. The smallest absolute Gasteiger partial charge is 0.221 e. The van der Waals surface area contributed by atoms with Crippen molar-refractivity contribution in [1.29, 1.82) is 0 Å². The summed E-state index contributed by atoms with van der Waals surface area (Å²) in [4.78, 5) is 24.5. The number of unbranched alkanes of at least 4 members (excludes halogenated alkanes) is 10. The van der Waals surface area contributed by atoms with Crippen LogP contribution >= 0.6 is 0 Å². The Morgan fingerprint density at radius 1 is 0.658 bits per heavy atom. The van der Waals surface area contributed by atoms with E-state index in [-0.39, 0.29) is 11.8 Å². The molecule has 212 valence electrons. The first-order valence-corrected chi connectivity index (χ1v) is 14.6. The molecular formula is C32H52N4O2. The van der Waals surface area contributed by atoms with Crippen molar-refractivity contribution in [3.05, 3.63) is 48.5 Å². The maximum absolute atomic E-state index is 11.4. The van der Waals surface area contributed by atoms with E-state index in [0.717, 1.165) is 24.5 Å². The number of carbonyl (C=O) groups excluding carboxylic acids is 2. The predicted molar refractivity (Wildman–Crippen MR) is 165 cm³/mol. The number of hydrogen-bond donors (Lipinski definition) is 3. The maximum Gasteiger partial charge on any atom is 0.221 e. The third-order valence-electron chi connectivity index (χ3n) is 6.30. The molecule has 0 atom stereocenters. The average molecular weight is 525 g/mol. The Morgan fingerprint density at radius 2 is 1.11 bits per heavy atom. The van der Waals surface area contributed by atoms with Crippen molar-refractivity contribution in [2.75, 3.05) is 34.4 Å². The van der Waals surface area contributed by atoms with Gasteiger partial charge in [-0.3, -0.25) is 9.59 Å². The number of anilines is 4. The number of nitrogen functional groups attached to an aromatic ring is 1. The van der Waals surface area contributed by atoms with Gasteiger partial charge in [-0.25, -0.2) is 0 Å². The van der Waals surface area contributed by atoms with Gasteiger partial charge < -0.3 is 21.3 Å². The van der Waals surface area contributed by atoms with E-state index < -0.39 is 0 Å². The molecule has 0 bridgehead atoms. The standard InChI is InChI=1S/C24H42N2O.C8H10N2O/c1-4-6-8-10-12-14-19-26(20-15-13-11-9-7-5-2)24-18-16-17-23(21-24)25-22(3)27;1-6(11)10-8-4-2-3-7(9)5-8/h16-18,21H,4-15,19-20H2,1-3H3,(H,25,27);2-5H,9H2,1H3,(H,10,11). The molecule has 0 saturated heterocycles. The highest BCUT2D eigenvalue weighted by atomic mass is 16.2. The van der Waals surface area contributed by atoms with Gasteiger partial charge in [0.25, 0.3) is 0 Å². The fourth-order valence-corrected chi connectivity index (χ4v) is 4.34. The second-order valence-electron chi connectivity index (χ2n) is 10.1. The Balaban J connectivity index is 0.000000544. The Kier molecular flexibility index (Phi) is 18.2. The zero-order valence-electron chi connectivity index (χ0n) is 24.4. The minimum Gasteiger partial charge on any atom is -0.399 e. The number of hydrogen-bond acceptors (Lipinski definition) is 4. The second kappa shape index (κ2) is 21.0. The van der Waals surface area contributed by atoms with Crippen LogP contribution in [0.1, 0.15) is 105 Å². The molecule has 38 heavy (non-hydrogen) atoms. The fraction of sp³-hybridized carbons (Fsp3) is 0.562. The highest BCUT2D eigenvalue weighted by molar-refractivity contribution is 5.89. The van der Waals surface area contributed by atoms with Gasteiger partial charge in [0.05, 0.1) is 0 Å². The van der Waals surface area contributed by atoms with Crippen LogP contribution in [-0.2, 0) is 9.59 Å². The molecule has 2 aromatic carbocycles. The van der Waals surface area contributed by atoms with Crippen LogP contribution in [0.4, 0.5) is 22.7 Å². The van der Waals surface area contributed by atoms with E-state index in [1.807, 2.05) is 6.07 Å². The van der Waals surface area contributed by atoms with Crippen molar-refractivity contribution in [3.63, 3.8) is 0 Å². The lowest BCUT2D eigenvalue weighted by atomic mass is 10.1. The summed E-state index contributed by atoms with van der Waals surface area (Å²) in [6, 6.07) is 15.4. The molecular weight excluding hydrogens is 472 g/mol. The summed E-state index contributed by atoms with van der Waals surface area (Å²) in [5, 5.41) is 5.54. The molecule has 0 aliphatic rings. The molecule has 0 saturated carbocycles. The SMILES string of the molecule is CC(=O)Nc1cccc(N)c1.CCCCCCCCN(CCCCCCCC)c1cccc(NC(C)=O)c1. The van der Waals surface area contributed by atoms with Gasteiger partial charge >= 0.3 is 0 Å². The van der Waals surface area contributed by atoms with Crippen LogP contribution in [0.2, 0.25) is 0 Å². The summed E-state index contributed by atoms with van der Waals surface area (Å²) in [7, 11) is 0. The lowest BCUT2D eigenvalue weighted by Crippen LogP contribution is -2.26. The minimum atomic E-state index is -0.0874. The number of nitrogens with one attached hydrogen (secondary N) is 2. The third-order valence-corrected chi connectivity index (χ3v) is 6.30. The van der Waals surface area contributed by atoms with Crippen molar-refractivity contribution in [2.24, 2.45) is 0 Å². The summed E-state index contributed by atoms with van der Waals surface area (Å²) in [6.07, 6.45) is 15.9. The van der Waals surface area contributed by atoms with Crippen LogP contribution in [0.25, 0.3) is 0 Å². The van der Waals surface area contributed by atoms with Crippen molar-refractivity contribution >= 4 is 34.6 Å². The molecule has 6 heteroatoms. The molecule has 6 nitrogen and oxygen atoms in total. The molecule has 2 amide bonds. The molecule has 0 unspecified atom stereocenters. The van der Waals surface area contributed by atoms with E-state index in [4.69, 9.17) is 5.73 Å². The van der Waals surface area contributed by atoms with Gasteiger partial charge in [-0.05, 0) is 49.2 Å². The van der Waals surface area contributed by atoms with Gasteiger partial charge in [-0.1, -0.05) is 90.2 Å². The first-order chi connectivity index (χ1) is 18.3. The highest BCUT2D eigenvalue weighted by Gasteiger charge is 2.08. The van der Waals surface area contributed by atoms with Crippen LogP contribution in [0.15, 0.2) is 48.5 Å². The van der Waals surface area contributed by atoms with Gasteiger partial charge in [0.2, 0.25) is 11.8 Å². The summed E-state index contributed by atoms with van der Waals surface area (Å²) in [6.45, 7) is 9.80. The van der Waals surface area contributed by atoms with Crippen LogP contribution in [0, 0.1) is 0 Å². The zero-order chi connectivity index (χ0) is 28.0. The molecule has 0 aromatic heterocycles. The molecule has 0 heterocycles. The van der Waals surface area contributed by atoms with E-state index in [0.29, 0.717) is 5.69 Å². The number of rotatable bonds is 17. The summed E-state index contributed by atoms with van der Waals surface area (Å²) >= 11 is 0. The van der Waals surface area contributed by atoms with E-state index in [2.05, 4.69) is 47.6 Å². The lowest BCUT2D eigenvalue weighted by Gasteiger charge is -2.25. The average Bonchev–Trinajstić information content (AvgIpc) is 2.86. The quantitative estimate of drug-likeness (QED) is 0.143. The molecule has 0 spiro atoms. The summed E-state index contributed by atoms with van der Waals surface area (Å²) < 4.78 is 0. The number of nitrogens with two attached hydrogens (primary N) is 1. The Morgan fingerprint density at radius 3 is 1.58 bits per heavy atom. The Bertz CT molecular complexity index is 900. The normalized spacial score (nSPS) is 10.3. The molecule has 4 N–H and O–H groups in total. The van der Waals surface area contributed by atoms with Crippen molar-refractivity contribution < 1.29 is 9.59 Å². The van der Waals surface area contributed by atoms with Crippen molar-refractivity contribution in [1.82, 2.24) is 0 Å². The van der Waals surface area contributed by atoms with E-state index in [1.165, 1.54) is 89.7 Å². The second-order valence-corrected chi connectivity index (χ2v) is 10.1. The van der Waals surface area contributed by atoms with E-state index in [9.17, 15) is 9.59 Å². The summed E-state index contributed by atoms with van der Waals surface area (Å²) in [5.41, 5.74) is 9.00. The number of carbonyl (C=O) groups is 2. The van der Waals surface area contributed by atoms with Gasteiger partial charge in [-0.15, -0.1) is 0 Å². The molecule has 2 rings (SSSR count). The van der Waals surface area contributed by atoms with Gasteiger partial charge in [0.1, 0.15) is 0 Å². The monoisotopic (exact) mass is 524 g/mol. The van der Waals surface area contributed by atoms with E-state index in [1.54, 1.807) is 31.2 Å². The first-order valence-electron chi connectivity index (χ1n) is 14.6. The van der Waals surface area contributed by atoms with Crippen LogP contribution in [0.5, 0.6) is 0 Å². The lowest BCUT2D eigenvalue weighted by molar-refractivity contribution is -0.115. The van der Waals surface area contributed by atoms with Crippen LogP contribution in [-0.4, -0.2) is 24.9 Å². The van der Waals surface area contributed by atoms with Crippen molar-refractivity contribution in [2.45, 2.75) is 105 Å². The zero-order valence-corrected chi connectivity index (χ0v) is 24.4. The van der Waals surface area contributed by atoms with Gasteiger partial charge in [0, 0.05) is 49.7 Å². The Labute approximate surface area is 231 Å². The topological polar surface area (TPSA) is 87.5 Å². The minimum absolute atomic E-state index is 0.00875. The maximum atomic E-state index is 11.4. The van der Waals surface area contributed by atoms with Crippen molar-refractivity contribution in [3.8, 4) is 0 Å². The fourth-order valence-electron chi connectivity index (χ4n) is 4.34. The number of nitrogens with zero attached hydrogens (tertiary/aromatic N) is 1. The molecule has 0 radical (unpaired) electrons. The molecule has 2 aromatic rings. The third kappa shape index (κ3) is 16.7. The first kappa shape index (κ1) is 33.0. The van der Waals surface area contributed by atoms with E-state index >= 15 is 0 Å². The molecule has 0 fully saturated rings. The molecule has 0 aliphatic carbocycles. The van der Waals surface area contributed by atoms with Gasteiger partial charge in [0.15, 0.2) is 0 Å². The number of benzene rings is 2. The van der Waals surface area contributed by atoms with Crippen LogP contribution in [0.3, 0.4) is 0 Å². The summed E-state index contributed by atoms with van der Waals surface area (Å²) in [5.74, 6) is -0.0962. The molecule has 0 aliphatic heterocycles. The van der Waals surface area contributed by atoms with Crippen LogP contribution < -0.4 is 21.3 Å². The number of amides is 2. The van der Waals surface area contributed by atoms with Gasteiger partial charge in [-0.2, -0.15) is 0 Å². The highest BCUT2D eigenvalue weighted by Crippen LogP contribution is 2.21.